The standard InChI is InChI=1S/C17H19NO4.C5H11N/c1-21-15-9-7-14(8-10-15)16(19)11-18-17(20)22-12-13-5-3-2-4-6-13;1-6-4-2-3-5-6/h2-10,16,19H,11-12H2,1H3,(H,18,20);2-5H2,1H3/t16-;/m0./s1. The summed E-state index contributed by atoms with van der Waals surface area (Å²) in [4.78, 5) is 13.9. The van der Waals surface area contributed by atoms with Crippen LogP contribution in [0.4, 0.5) is 4.79 Å². The van der Waals surface area contributed by atoms with Crippen LogP contribution in [0.3, 0.4) is 0 Å². The molecule has 6 heteroatoms. The Hall–Kier alpha value is -2.57. The molecule has 1 aliphatic heterocycles. The zero-order valence-electron chi connectivity index (χ0n) is 16.6. The van der Waals surface area contributed by atoms with Crippen molar-refractivity contribution in [1.82, 2.24) is 10.2 Å². The molecule has 6 nitrogen and oxygen atoms in total. The third-order valence-corrected chi connectivity index (χ3v) is 4.48. The van der Waals surface area contributed by atoms with Crippen molar-refractivity contribution in [3.8, 4) is 5.75 Å². The van der Waals surface area contributed by atoms with Gasteiger partial charge in [-0.15, -0.1) is 0 Å². The Balaban J connectivity index is 0.000000397. The maximum atomic E-state index is 11.6. The summed E-state index contributed by atoms with van der Waals surface area (Å²) in [6, 6.07) is 16.4. The van der Waals surface area contributed by atoms with Crippen molar-refractivity contribution in [2.45, 2.75) is 25.6 Å². The lowest BCUT2D eigenvalue weighted by atomic mass is 10.1. The number of nitrogens with one attached hydrogen (secondary N) is 1. The lowest BCUT2D eigenvalue weighted by molar-refractivity contribution is 0.126. The van der Waals surface area contributed by atoms with Crippen LogP contribution in [0.1, 0.15) is 30.1 Å². The molecule has 2 aromatic rings. The van der Waals surface area contributed by atoms with Crippen molar-refractivity contribution in [3.63, 3.8) is 0 Å². The summed E-state index contributed by atoms with van der Waals surface area (Å²) in [5.41, 5.74) is 1.61. The van der Waals surface area contributed by atoms with E-state index in [2.05, 4.69) is 17.3 Å². The number of carbonyl (C=O) groups is 1. The van der Waals surface area contributed by atoms with E-state index in [0.29, 0.717) is 11.3 Å². The number of alkyl carbamates (subject to hydrolysis) is 1. The fraction of sp³-hybridized carbons (Fsp3) is 0.409. The summed E-state index contributed by atoms with van der Waals surface area (Å²) in [6.45, 7) is 2.92. The summed E-state index contributed by atoms with van der Waals surface area (Å²) >= 11 is 0. The first-order valence-electron chi connectivity index (χ1n) is 9.53. The number of likely N-dealkylation sites (tertiary alicyclic amines) is 1. The molecule has 0 spiro atoms. The minimum atomic E-state index is -0.796. The second kappa shape index (κ2) is 12.0. The molecule has 2 N–H and O–H groups in total. The van der Waals surface area contributed by atoms with E-state index in [1.807, 2.05) is 30.3 Å². The zero-order chi connectivity index (χ0) is 20.2. The molecule has 1 fully saturated rings. The molecule has 152 valence electrons. The molecule has 3 rings (SSSR count). The first-order chi connectivity index (χ1) is 13.6. The highest BCUT2D eigenvalue weighted by Gasteiger charge is 2.10. The van der Waals surface area contributed by atoms with Gasteiger partial charge in [0.05, 0.1) is 19.8 Å². The molecular weight excluding hydrogens is 356 g/mol. The Morgan fingerprint density at radius 1 is 1.11 bits per heavy atom. The van der Waals surface area contributed by atoms with Gasteiger partial charge < -0.3 is 24.8 Å². The molecule has 0 bridgehead atoms. The maximum absolute atomic E-state index is 11.6. The van der Waals surface area contributed by atoms with Crippen molar-refractivity contribution in [2.75, 3.05) is 33.8 Å². The molecule has 2 aromatic carbocycles. The number of ether oxygens (including phenoxy) is 2. The van der Waals surface area contributed by atoms with Gasteiger partial charge in [0.1, 0.15) is 12.4 Å². The number of hydrogen-bond donors (Lipinski definition) is 2. The van der Waals surface area contributed by atoms with Gasteiger partial charge in [-0.25, -0.2) is 4.79 Å². The molecule has 28 heavy (non-hydrogen) atoms. The first-order valence-corrected chi connectivity index (χ1v) is 9.53. The maximum Gasteiger partial charge on any atom is 0.407 e. The number of rotatable bonds is 6. The molecule has 0 unspecified atom stereocenters. The Bertz CT molecular complexity index is 685. The molecular formula is C22H30N2O4. The number of nitrogens with zero attached hydrogens (tertiary/aromatic N) is 1. The van der Waals surface area contributed by atoms with Crippen LogP contribution in [0.25, 0.3) is 0 Å². The quantitative estimate of drug-likeness (QED) is 0.797. The number of aliphatic hydroxyl groups excluding tert-OH is 1. The number of methoxy groups -OCH3 is 1. The summed E-state index contributed by atoms with van der Waals surface area (Å²) in [6.07, 6.45) is 1.47. The molecule has 0 aromatic heterocycles. The third-order valence-electron chi connectivity index (χ3n) is 4.48. The fourth-order valence-corrected chi connectivity index (χ4v) is 2.77. The zero-order valence-corrected chi connectivity index (χ0v) is 16.6. The van der Waals surface area contributed by atoms with Crippen LogP contribution in [0.15, 0.2) is 54.6 Å². The van der Waals surface area contributed by atoms with Crippen LogP contribution in [0.5, 0.6) is 5.75 Å². The highest BCUT2D eigenvalue weighted by Crippen LogP contribution is 2.17. The first kappa shape index (κ1) is 21.7. The second-order valence-corrected chi connectivity index (χ2v) is 6.74. The molecule has 1 amide bonds. The van der Waals surface area contributed by atoms with Crippen LogP contribution in [-0.2, 0) is 11.3 Å². The van der Waals surface area contributed by atoms with E-state index in [0.717, 1.165) is 5.56 Å². The van der Waals surface area contributed by atoms with Crippen LogP contribution in [-0.4, -0.2) is 49.9 Å². The van der Waals surface area contributed by atoms with Gasteiger partial charge in [0.15, 0.2) is 0 Å². The van der Waals surface area contributed by atoms with Gasteiger partial charge in [0, 0.05) is 0 Å². The lowest BCUT2D eigenvalue weighted by Crippen LogP contribution is -2.28. The highest BCUT2D eigenvalue weighted by atomic mass is 16.5. The van der Waals surface area contributed by atoms with E-state index in [-0.39, 0.29) is 13.2 Å². The molecule has 1 heterocycles. The predicted molar refractivity (Wildman–Crippen MR) is 109 cm³/mol. The predicted octanol–water partition coefficient (Wildman–Crippen LogP) is 3.37. The fourth-order valence-electron chi connectivity index (χ4n) is 2.77. The molecule has 1 aliphatic rings. The van der Waals surface area contributed by atoms with Crippen LogP contribution in [0.2, 0.25) is 0 Å². The summed E-state index contributed by atoms with van der Waals surface area (Å²) < 4.78 is 10.1. The Morgan fingerprint density at radius 3 is 2.29 bits per heavy atom. The van der Waals surface area contributed by atoms with E-state index in [1.54, 1.807) is 31.4 Å². The number of carbonyl (C=O) groups excluding carboxylic acids is 1. The third kappa shape index (κ3) is 7.98. The topological polar surface area (TPSA) is 71.0 Å². The lowest BCUT2D eigenvalue weighted by Gasteiger charge is -2.13. The van der Waals surface area contributed by atoms with Crippen LogP contribution < -0.4 is 10.1 Å². The summed E-state index contributed by atoms with van der Waals surface area (Å²) in [5, 5.41) is 12.5. The van der Waals surface area contributed by atoms with Crippen molar-refractivity contribution >= 4 is 6.09 Å². The molecule has 0 aliphatic carbocycles. The Morgan fingerprint density at radius 2 is 1.75 bits per heavy atom. The normalized spacial score (nSPS) is 14.5. The minimum absolute atomic E-state index is 0.0833. The van der Waals surface area contributed by atoms with Crippen molar-refractivity contribution in [3.05, 3.63) is 65.7 Å². The molecule has 0 saturated carbocycles. The Labute approximate surface area is 167 Å². The van der Waals surface area contributed by atoms with Crippen molar-refractivity contribution < 1.29 is 19.4 Å². The summed E-state index contributed by atoms with van der Waals surface area (Å²) in [7, 11) is 3.75. The van der Waals surface area contributed by atoms with Gasteiger partial charge in [-0.2, -0.15) is 0 Å². The Kier molecular flexibility index (Phi) is 9.31. The van der Waals surface area contributed by atoms with E-state index in [9.17, 15) is 9.90 Å². The van der Waals surface area contributed by atoms with E-state index >= 15 is 0 Å². The molecule has 1 atom stereocenters. The SMILES string of the molecule is CN1CCCC1.COc1ccc([C@@H](O)CNC(=O)OCc2ccccc2)cc1. The van der Waals surface area contributed by atoms with E-state index in [1.165, 1.54) is 25.9 Å². The van der Waals surface area contributed by atoms with Crippen molar-refractivity contribution in [1.29, 1.82) is 0 Å². The van der Waals surface area contributed by atoms with Gasteiger partial charge in [0.25, 0.3) is 0 Å². The van der Waals surface area contributed by atoms with Crippen LogP contribution in [0, 0.1) is 0 Å². The number of aliphatic hydroxyl groups is 1. The number of benzene rings is 2. The minimum Gasteiger partial charge on any atom is -0.497 e. The average molecular weight is 386 g/mol. The van der Waals surface area contributed by atoms with Crippen LogP contribution >= 0.6 is 0 Å². The van der Waals surface area contributed by atoms with Gasteiger partial charge in [-0.1, -0.05) is 42.5 Å². The summed E-state index contributed by atoms with van der Waals surface area (Å²) in [5.74, 6) is 0.714. The number of hydrogen-bond acceptors (Lipinski definition) is 5. The largest absolute Gasteiger partial charge is 0.497 e. The molecule has 0 radical (unpaired) electrons. The van der Waals surface area contributed by atoms with Gasteiger partial charge in [0.2, 0.25) is 0 Å². The highest BCUT2D eigenvalue weighted by molar-refractivity contribution is 5.67. The monoisotopic (exact) mass is 386 g/mol. The number of amides is 1. The second-order valence-electron chi connectivity index (χ2n) is 6.74. The average Bonchev–Trinajstić information content (AvgIpc) is 3.22. The van der Waals surface area contributed by atoms with Crippen molar-refractivity contribution in [2.24, 2.45) is 0 Å². The van der Waals surface area contributed by atoms with Gasteiger partial charge in [-0.3, -0.25) is 0 Å². The van der Waals surface area contributed by atoms with Gasteiger partial charge in [-0.05, 0) is 56.2 Å². The smallest absolute Gasteiger partial charge is 0.407 e. The van der Waals surface area contributed by atoms with E-state index in [4.69, 9.17) is 9.47 Å². The molecule has 1 saturated heterocycles. The van der Waals surface area contributed by atoms with E-state index < -0.39 is 12.2 Å². The van der Waals surface area contributed by atoms with Gasteiger partial charge >= 0.3 is 6.09 Å².